The monoisotopic (exact) mass is 238 g/mol. The van der Waals surface area contributed by atoms with E-state index in [4.69, 9.17) is 10.2 Å². The standard InChI is InChI=1S/C7H14N2O5S/c10-6(7(11)12)3-4-8-15(13,14)9-5-1-2-5/h5-6,8-10H,1-4H2,(H,11,12). The van der Waals surface area contributed by atoms with E-state index in [1.54, 1.807) is 0 Å². The van der Waals surface area contributed by atoms with Crippen LogP contribution in [0.2, 0.25) is 0 Å². The van der Waals surface area contributed by atoms with Crippen LogP contribution in [-0.4, -0.2) is 43.3 Å². The van der Waals surface area contributed by atoms with Crippen molar-refractivity contribution in [1.82, 2.24) is 9.44 Å². The Labute approximate surface area is 87.7 Å². The van der Waals surface area contributed by atoms with Crippen LogP contribution < -0.4 is 9.44 Å². The van der Waals surface area contributed by atoms with Crippen molar-refractivity contribution >= 4 is 16.2 Å². The lowest BCUT2D eigenvalue weighted by atomic mass is 10.3. The smallest absolute Gasteiger partial charge is 0.332 e. The molecule has 15 heavy (non-hydrogen) atoms. The molecule has 0 aromatic carbocycles. The van der Waals surface area contributed by atoms with Gasteiger partial charge in [-0.05, 0) is 19.3 Å². The molecule has 0 aromatic heterocycles. The van der Waals surface area contributed by atoms with Crippen molar-refractivity contribution in [3.63, 3.8) is 0 Å². The van der Waals surface area contributed by atoms with Gasteiger partial charge >= 0.3 is 5.97 Å². The Morgan fingerprint density at radius 1 is 1.47 bits per heavy atom. The zero-order valence-corrected chi connectivity index (χ0v) is 8.83. The van der Waals surface area contributed by atoms with Gasteiger partial charge in [0.1, 0.15) is 0 Å². The molecule has 0 aromatic rings. The highest BCUT2D eigenvalue weighted by Crippen LogP contribution is 2.19. The Morgan fingerprint density at radius 3 is 2.53 bits per heavy atom. The van der Waals surface area contributed by atoms with Crippen LogP contribution in [-0.2, 0) is 15.0 Å². The summed E-state index contributed by atoms with van der Waals surface area (Å²) in [4.78, 5) is 10.2. The van der Waals surface area contributed by atoms with E-state index < -0.39 is 22.3 Å². The van der Waals surface area contributed by atoms with Gasteiger partial charge in [-0.1, -0.05) is 0 Å². The lowest BCUT2D eigenvalue weighted by Crippen LogP contribution is -2.39. The Kier molecular flexibility index (Phi) is 4.03. The fourth-order valence-electron chi connectivity index (χ4n) is 0.916. The van der Waals surface area contributed by atoms with Gasteiger partial charge in [0.05, 0.1) is 0 Å². The fraction of sp³-hybridized carbons (Fsp3) is 0.857. The predicted octanol–water partition coefficient (Wildman–Crippen LogP) is -1.59. The minimum absolute atomic E-state index is 0.00639. The third-order valence-corrected chi connectivity index (χ3v) is 3.12. The summed E-state index contributed by atoms with van der Waals surface area (Å²) >= 11 is 0. The average Bonchev–Trinajstić information content (AvgIpc) is 2.86. The number of nitrogens with one attached hydrogen (secondary N) is 2. The normalized spacial score (nSPS) is 18.7. The number of carbonyl (C=O) groups is 1. The lowest BCUT2D eigenvalue weighted by molar-refractivity contribution is -0.146. The maximum atomic E-state index is 11.2. The van der Waals surface area contributed by atoms with Crippen LogP contribution >= 0.6 is 0 Å². The van der Waals surface area contributed by atoms with Crippen molar-refractivity contribution in [2.75, 3.05) is 6.54 Å². The SMILES string of the molecule is O=C(O)C(O)CCNS(=O)(=O)NC1CC1. The van der Waals surface area contributed by atoms with Gasteiger partial charge in [-0.2, -0.15) is 13.1 Å². The van der Waals surface area contributed by atoms with E-state index in [-0.39, 0.29) is 19.0 Å². The van der Waals surface area contributed by atoms with Gasteiger partial charge in [-0.25, -0.2) is 9.52 Å². The first-order valence-corrected chi connectivity index (χ1v) is 6.07. The molecule has 7 nitrogen and oxygen atoms in total. The Balaban J connectivity index is 2.20. The van der Waals surface area contributed by atoms with Crippen LogP contribution in [0.25, 0.3) is 0 Å². The number of hydrogen-bond acceptors (Lipinski definition) is 4. The van der Waals surface area contributed by atoms with Crippen molar-refractivity contribution in [2.45, 2.75) is 31.4 Å². The van der Waals surface area contributed by atoms with Gasteiger partial charge in [0.2, 0.25) is 0 Å². The first-order valence-electron chi connectivity index (χ1n) is 4.58. The zero-order chi connectivity index (χ0) is 11.5. The minimum Gasteiger partial charge on any atom is -0.479 e. The molecule has 8 heteroatoms. The third-order valence-electron chi connectivity index (χ3n) is 1.89. The summed E-state index contributed by atoms with van der Waals surface area (Å²) in [5.74, 6) is -1.36. The Bertz CT molecular complexity index is 324. The Hall–Kier alpha value is -0.700. The van der Waals surface area contributed by atoms with Crippen molar-refractivity contribution in [1.29, 1.82) is 0 Å². The molecule has 4 N–H and O–H groups in total. The van der Waals surface area contributed by atoms with Gasteiger partial charge in [0.25, 0.3) is 10.2 Å². The van der Waals surface area contributed by atoms with E-state index in [2.05, 4.69) is 9.44 Å². The molecule has 0 radical (unpaired) electrons. The van der Waals surface area contributed by atoms with E-state index in [0.29, 0.717) is 0 Å². The van der Waals surface area contributed by atoms with Gasteiger partial charge in [0, 0.05) is 12.6 Å². The molecule has 1 rings (SSSR count). The quantitative estimate of drug-likeness (QED) is 0.426. The topological polar surface area (TPSA) is 116 Å². The molecule has 0 heterocycles. The number of aliphatic carboxylic acids is 1. The molecule has 1 aliphatic rings. The van der Waals surface area contributed by atoms with Crippen LogP contribution in [0.4, 0.5) is 0 Å². The summed E-state index contributed by atoms with van der Waals surface area (Å²) in [6.07, 6.45) is -0.0215. The van der Waals surface area contributed by atoms with Crippen molar-refractivity contribution in [2.24, 2.45) is 0 Å². The number of carboxylic acid groups (broad SMARTS) is 1. The summed E-state index contributed by atoms with van der Waals surface area (Å²) < 4.78 is 26.9. The summed E-state index contributed by atoms with van der Waals surface area (Å²) in [6, 6.07) is 0.00639. The second kappa shape index (κ2) is 4.88. The van der Waals surface area contributed by atoms with Crippen LogP contribution in [0.5, 0.6) is 0 Å². The maximum absolute atomic E-state index is 11.2. The molecule has 88 valence electrons. The molecular weight excluding hydrogens is 224 g/mol. The second-order valence-electron chi connectivity index (χ2n) is 3.43. The van der Waals surface area contributed by atoms with E-state index in [1.165, 1.54) is 0 Å². The van der Waals surface area contributed by atoms with Crippen LogP contribution in [0.3, 0.4) is 0 Å². The average molecular weight is 238 g/mol. The van der Waals surface area contributed by atoms with E-state index >= 15 is 0 Å². The number of rotatable bonds is 7. The predicted molar refractivity (Wildman–Crippen MR) is 51.3 cm³/mol. The highest BCUT2D eigenvalue weighted by atomic mass is 32.2. The molecular formula is C7H14N2O5S. The second-order valence-corrected chi connectivity index (χ2v) is 4.96. The van der Waals surface area contributed by atoms with Gasteiger partial charge in [0.15, 0.2) is 6.10 Å². The number of hydrogen-bond donors (Lipinski definition) is 4. The Morgan fingerprint density at radius 2 is 2.07 bits per heavy atom. The first kappa shape index (κ1) is 12.4. The summed E-state index contributed by atoms with van der Waals surface area (Å²) in [5, 5.41) is 17.2. The van der Waals surface area contributed by atoms with Crippen LogP contribution in [0, 0.1) is 0 Å². The highest BCUT2D eigenvalue weighted by molar-refractivity contribution is 7.87. The molecule has 1 aliphatic carbocycles. The molecule has 0 amide bonds. The maximum Gasteiger partial charge on any atom is 0.332 e. The van der Waals surface area contributed by atoms with Gasteiger partial charge < -0.3 is 10.2 Å². The van der Waals surface area contributed by atoms with Gasteiger partial charge in [-0.15, -0.1) is 0 Å². The van der Waals surface area contributed by atoms with E-state index in [9.17, 15) is 13.2 Å². The summed E-state index contributed by atoms with van der Waals surface area (Å²) in [7, 11) is -3.54. The first-order chi connectivity index (χ1) is 6.91. The molecule has 1 unspecified atom stereocenters. The number of aliphatic hydroxyl groups is 1. The largest absolute Gasteiger partial charge is 0.479 e. The van der Waals surface area contributed by atoms with Gasteiger partial charge in [-0.3, -0.25) is 0 Å². The number of carboxylic acids is 1. The number of aliphatic hydroxyl groups excluding tert-OH is 1. The molecule has 0 saturated heterocycles. The van der Waals surface area contributed by atoms with Crippen molar-refractivity contribution in [3.05, 3.63) is 0 Å². The summed E-state index contributed by atoms with van der Waals surface area (Å²) in [5.41, 5.74) is 0. The molecule has 0 aliphatic heterocycles. The lowest BCUT2D eigenvalue weighted by Gasteiger charge is -2.08. The van der Waals surface area contributed by atoms with Crippen LogP contribution in [0.1, 0.15) is 19.3 Å². The zero-order valence-electron chi connectivity index (χ0n) is 8.01. The van der Waals surface area contributed by atoms with E-state index in [0.717, 1.165) is 12.8 Å². The summed E-state index contributed by atoms with van der Waals surface area (Å²) in [6.45, 7) is -0.102. The third kappa shape index (κ3) is 5.07. The molecule has 1 atom stereocenters. The highest BCUT2D eigenvalue weighted by Gasteiger charge is 2.26. The molecule has 0 spiro atoms. The molecule has 1 fully saturated rings. The minimum atomic E-state index is -3.54. The van der Waals surface area contributed by atoms with Crippen molar-refractivity contribution in [3.8, 4) is 0 Å². The van der Waals surface area contributed by atoms with E-state index in [1.807, 2.05) is 0 Å². The fourth-order valence-corrected chi connectivity index (χ4v) is 2.06. The molecule has 1 saturated carbocycles. The molecule has 0 bridgehead atoms. The van der Waals surface area contributed by atoms with Crippen LogP contribution in [0.15, 0.2) is 0 Å². The van der Waals surface area contributed by atoms with Crippen molar-refractivity contribution < 1.29 is 23.4 Å².